The standard InChI is InChI=1S/C18H20F3NO3/c1-11(2)17-7-6-16(3,25-17)15(9-17)24-14-5-4-12(22-10-23)8-13(14)18(19,20)21/h4-5,8,11,15H,6-7,9H2,1-3H3. The maximum absolute atomic E-state index is 13.4. The zero-order valence-electron chi connectivity index (χ0n) is 14.3. The van der Waals surface area contributed by atoms with Crippen LogP contribution in [-0.2, 0) is 15.7 Å². The average Bonchev–Trinajstić information content (AvgIpc) is 3.00. The summed E-state index contributed by atoms with van der Waals surface area (Å²) in [5, 5.41) is 0. The normalized spacial score (nSPS) is 31.2. The van der Waals surface area contributed by atoms with Crippen LogP contribution in [0.4, 0.5) is 18.9 Å². The van der Waals surface area contributed by atoms with Gasteiger partial charge in [0.2, 0.25) is 6.08 Å². The number of aliphatic imine (C=N–C) groups is 1. The first kappa shape index (κ1) is 18.0. The molecule has 3 unspecified atom stereocenters. The highest BCUT2D eigenvalue weighted by Gasteiger charge is 2.61. The van der Waals surface area contributed by atoms with Crippen molar-refractivity contribution in [2.24, 2.45) is 10.9 Å². The first-order valence-electron chi connectivity index (χ1n) is 8.26. The lowest BCUT2D eigenvalue weighted by Crippen LogP contribution is -2.40. The van der Waals surface area contributed by atoms with Gasteiger partial charge in [0.05, 0.1) is 16.9 Å². The molecule has 0 amide bonds. The molecule has 0 radical (unpaired) electrons. The molecule has 4 nitrogen and oxygen atoms in total. The molecule has 2 bridgehead atoms. The van der Waals surface area contributed by atoms with Crippen molar-refractivity contribution in [3.63, 3.8) is 0 Å². The summed E-state index contributed by atoms with van der Waals surface area (Å²) in [6.45, 7) is 6.01. The number of ether oxygens (including phenoxy) is 2. The van der Waals surface area contributed by atoms with Crippen LogP contribution in [0.25, 0.3) is 0 Å². The number of alkyl halides is 3. The number of nitrogens with zero attached hydrogens (tertiary/aromatic N) is 1. The van der Waals surface area contributed by atoms with Gasteiger partial charge in [-0.25, -0.2) is 4.79 Å². The van der Waals surface area contributed by atoms with E-state index in [1.54, 1.807) is 0 Å². The summed E-state index contributed by atoms with van der Waals surface area (Å²) < 4.78 is 52.1. The van der Waals surface area contributed by atoms with Gasteiger partial charge in [-0.15, -0.1) is 0 Å². The molecule has 136 valence electrons. The molecule has 3 atom stereocenters. The van der Waals surface area contributed by atoms with E-state index >= 15 is 0 Å². The van der Waals surface area contributed by atoms with Gasteiger partial charge in [0.25, 0.3) is 0 Å². The monoisotopic (exact) mass is 355 g/mol. The molecule has 2 saturated heterocycles. The number of hydrogen-bond donors (Lipinski definition) is 0. The highest BCUT2D eigenvalue weighted by atomic mass is 19.4. The Balaban J connectivity index is 1.92. The second kappa shape index (κ2) is 5.85. The largest absolute Gasteiger partial charge is 0.487 e. The maximum Gasteiger partial charge on any atom is 0.420 e. The molecule has 0 aliphatic carbocycles. The van der Waals surface area contributed by atoms with E-state index in [4.69, 9.17) is 9.47 Å². The summed E-state index contributed by atoms with van der Waals surface area (Å²) >= 11 is 0. The van der Waals surface area contributed by atoms with Crippen molar-refractivity contribution >= 4 is 11.8 Å². The lowest BCUT2D eigenvalue weighted by Gasteiger charge is -2.32. The van der Waals surface area contributed by atoms with E-state index < -0.39 is 23.4 Å². The molecule has 25 heavy (non-hydrogen) atoms. The van der Waals surface area contributed by atoms with Crippen molar-refractivity contribution < 1.29 is 27.4 Å². The fourth-order valence-electron chi connectivity index (χ4n) is 3.85. The van der Waals surface area contributed by atoms with Gasteiger partial charge in [-0.2, -0.15) is 18.2 Å². The van der Waals surface area contributed by atoms with Crippen molar-refractivity contribution in [1.82, 2.24) is 0 Å². The predicted octanol–water partition coefficient (Wildman–Crippen LogP) is 4.79. The van der Waals surface area contributed by atoms with E-state index in [0.717, 1.165) is 18.9 Å². The molecule has 0 aromatic heterocycles. The van der Waals surface area contributed by atoms with E-state index in [9.17, 15) is 18.0 Å². The van der Waals surface area contributed by atoms with E-state index in [1.807, 2.05) is 6.92 Å². The third-order valence-electron chi connectivity index (χ3n) is 5.46. The van der Waals surface area contributed by atoms with Crippen molar-refractivity contribution in [1.29, 1.82) is 0 Å². The summed E-state index contributed by atoms with van der Waals surface area (Å²) in [5.41, 5.74) is -1.98. The van der Waals surface area contributed by atoms with E-state index in [-0.39, 0.29) is 23.0 Å². The average molecular weight is 355 g/mol. The maximum atomic E-state index is 13.4. The number of carbonyl (C=O) groups excluding carboxylic acids is 1. The quantitative estimate of drug-likeness (QED) is 0.576. The summed E-state index contributed by atoms with van der Waals surface area (Å²) in [4.78, 5) is 13.6. The molecular formula is C18H20F3NO3. The van der Waals surface area contributed by atoms with Gasteiger partial charge < -0.3 is 9.47 Å². The van der Waals surface area contributed by atoms with Gasteiger partial charge in [-0.1, -0.05) is 13.8 Å². The Kier molecular flexibility index (Phi) is 4.20. The Hall–Kier alpha value is -1.85. The summed E-state index contributed by atoms with van der Waals surface area (Å²) in [6.07, 6.45) is -1.61. The molecule has 2 heterocycles. The fourth-order valence-corrected chi connectivity index (χ4v) is 3.85. The minimum atomic E-state index is -4.61. The third-order valence-corrected chi connectivity index (χ3v) is 5.46. The second-order valence-electron chi connectivity index (χ2n) is 7.33. The van der Waals surface area contributed by atoms with E-state index in [1.165, 1.54) is 18.2 Å². The van der Waals surface area contributed by atoms with Crippen LogP contribution in [0.1, 0.15) is 45.6 Å². The van der Waals surface area contributed by atoms with Crippen LogP contribution in [0.2, 0.25) is 0 Å². The number of isocyanates is 1. The molecule has 1 aromatic carbocycles. The van der Waals surface area contributed by atoms with Gasteiger partial charge >= 0.3 is 6.18 Å². The van der Waals surface area contributed by atoms with E-state index in [0.29, 0.717) is 6.42 Å². The van der Waals surface area contributed by atoms with Crippen LogP contribution in [-0.4, -0.2) is 23.4 Å². The Labute approximate surface area is 144 Å². The molecule has 2 aliphatic heterocycles. The van der Waals surface area contributed by atoms with Crippen molar-refractivity contribution in [2.45, 2.75) is 63.5 Å². The minimum Gasteiger partial charge on any atom is -0.487 e. The van der Waals surface area contributed by atoms with Crippen LogP contribution in [0.15, 0.2) is 23.2 Å². The Bertz CT molecular complexity index is 727. The predicted molar refractivity (Wildman–Crippen MR) is 84.6 cm³/mol. The molecular weight excluding hydrogens is 335 g/mol. The number of hydrogen-bond acceptors (Lipinski definition) is 4. The Morgan fingerprint density at radius 2 is 2.08 bits per heavy atom. The molecule has 0 N–H and O–H groups in total. The smallest absolute Gasteiger partial charge is 0.420 e. The zero-order chi connectivity index (χ0) is 18.5. The molecule has 3 rings (SSSR count). The summed E-state index contributed by atoms with van der Waals surface area (Å²) in [6, 6.07) is 3.31. The number of fused-ring (bicyclic) bond motifs is 2. The van der Waals surface area contributed by atoms with Gasteiger partial charge in [-0.3, -0.25) is 0 Å². The molecule has 0 spiro atoms. The van der Waals surface area contributed by atoms with Crippen LogP contribution < -0.4 is 4.74 Å². The Morgan fingerprint density at radius 3 is 2.64 bits per heavy atom. The highest BCUT2D eigenvalue weighted by Crippen LogP contribution is 2.55. The first-order chi connectivity index (χ1) is 11.6. The molecule has 0 saturated carbocycles. The van der Waals surface area contributed by atoms with Gasteiger partial charge in [0.15, 0.2) is 0 Å². The van der Waals surface area contributed by atoms with Crippen molar-refractivity contribution in [3.8, 4) is 5.75 Å². The lowest BCUT2D eigenvalue weighted by atomic mass is 9.75. The van der Waals surface area contributed by atoms with Gasteiger partial charge in [-0.05, 0) is 43.9 Å². The topological polar surface area (TPSA) is 47.9 Å². The molecule has 1 aromatic rings. The second-order valence-corrected chi connectivity index (χ2v) is 7.33. The molecule has 7 heteroatoms. The fraction of sp³-hybridized carbons (Fsp3) is 0.611. The van der Waals surface area contributed by atoms with Crippen LogP contribution in [0.5, 0.6) is 5.75 Å². The molecule has 2 aliphatic rings. The van der Waals surface area contributed by atoms with E-state index in [2.05, 4.69) is 18.8 Å². The van der Waals surface area contributed by atoms with Crippen molar-refractivity contribution in [2.75, 3.05) is 0 Å². The SMILES string of the molecule is CC(C)C12CCC(C)(O1)C(Oc1ccc(N=C=O)cc1C(F)(F)F)C2. The Morgan fingerprint density at radius 1 is 1.36 bits per heavy atom. The van der Waals surface area contributed by atoms with Gasteiger partial charge in [0, 0.05) is 6.42 Å². The first-order valence-corrected chi connectivity index (χ1v) is 8.26. The number of rotatable bonds is 4. The molecule has 2 fully saturated rings. The van der Waals surface area contributed by atoms with Gasteiger partial charge in [0.1, 0.15) is 17.5 Å². The summed E-state index contributed by atoms with van der Waals surface area (Å²) in [5.74, 6) is -0.00653. The van der Waals surface area contributed by atoms with Crippen LogP contribution in [0, 0.1) is 5.92 Å². The zero-order valence-corrected chi connectivity index (χ0v) is 14.3. The third kappa shape index (κ3) is 3.07. The number of benzene rings is 1. The lowest BCUT2D eigenvalue weighted by molar-refractivity contribution is -0.140. The van der Waals surface area contributed by atoms with Crippen LogP contribution in [0.3, 0.4) is 0 Å². The number of halogens is 3. The van der Waals surface area contributed by atoms with Crippen molar-refractivity contribution in [3.05, 3.63) is 23.8 Å². The minimum absolute atomic E-state index is 0.108. The summed E-state index contributed by atoms with van der Waals surface area (Å²) in [7, 11) is 0. The van der Waals surface area contributed by atoms with Crippen LogP contribution >= 0.6 is 0 Å². The highest BCUT2D eigenvalue weighted by molar-refractivity contribution is 5.54.